The van der Waals surface area contributed by atoms with Gasteiger partial charge in [-0.2, -0.15) is 0 Å². The van der Waals surface area contributed by atoms with Gasteiger partial charge < -0.3 is 10.2 Å². The molecular formula is C12H20N2O. The summed E-state index contributed by atoms with van der Waals surface area (Å²) >= 11 is 0. The molecule has 3 nitrogen and oxygen atoms in total. The van der Waals surface area contributed by atoms with E-state index in [0.717, 1.165) is 24.5 Å². The summed E-state index contributed by atoms with van der Waals surface area (Å²) in [6.07, 6.45) is 8.97. The summed E-state index contributed by atoms with van der Waals surface area (Å²) in [7, 11) is 0. The Balaban J connectivity index is 2.19. The summed E-state index contributed by atoms with van der Waals surface area (Å²) in [5.41, 5.74) is 5.77. The number of nitrogens with zero attached hydrogens (tertiary/aromatic N) is 1. The third-order valence-electron chi connectivity index (χ3n) is 3.67. The second-order valence-electron chi connectivity index (χ2n) is 4.50. The molecule has 1 heterocycles. The first kappa shape index (κ1) is 10.7. The van der Waals surface area contributed by atoms with E-state index in [4.69, 9.17) is 10.2 Å². The van der Waals surface area contributed by atoms with Gasteiger partial charge in [-0.05, 0) is 19.3 Å². The van der Waals surface area contributed by atoms with Crippen LogP contribution in [0.1, 0.15) is 50.7 Å². The first-order chi connectivity index (χ1) is 7.30. The fourth-order valence-electron chi connectivity index (χ4n) is 2.62. The second-order valence-corrected chi connectivity index (χ2v) is 4.50. The van der Waals surface area contributed by atoms with Gasteiger partial charge in [0.05, 0.1) is 6.20 Å². The lowest BCUT2D eigenvalue weighted by atomic mass is 9.81. The highest BCUT2D eigenvalue weighted by Gasteiger charge is 2.37. The van der Waals surface area contributed by atoms with Crippen molar-refractivity contribution in [1.82, 2.24) is 4.98 Å². The Hall–Kier alpha value is -0.830. The molecule has 1 aliphatic rings. The van der Waals surface area contributed by atoms with Crippen molar-refractivity contribution in [1.29, 1.82) is 0 Å². The minimum atomic E-state index is 0.278. The Morgan fingerprint density at radius 1 is 1.47 bits per heavy atom. The van der Waals surface area contributed by atoms with E-state index in [1.807, 2.05) is 6.20 Å². The molecule has 84 valence electrons. The van der Waals surface area contributed by atoms with Crippen LogP contribution in [0.2, 0.25) is 0 Å². The highest BCUT2D eigenvalue weighted by molar-refractivity contribution is 5.13. The van der Waals surface area contributed by atoms with Crippen LogP contribution in [0.3, 0.4) is 0 Å². The average molecular weight is 208 g/mol. The van der Waals surface area contributed by atoms with E-state index in [0.29, 0.717) is 6.54 Å². The normalized spacial score (nSPS) is 19.6. The van der Waals surface area contributed by atoms with Gasteiger partial charge in [0, 0.05) is 18.4 Å². The van der Waals surface area contributed by atoms with Gasteiger partial charge in [0.1, 0.15) is 5.76 Å². The van der Waals surface area contributed by atoms with Gasteiger partial charge in [0.2, 0.25) is 0 Å². The zero-order chi connectivity index (χ0) is 10.7. The van der Waals surface area contributed by atoms with E-state index in [9.17, 15) is 0 Å². The van der Waals surface area contributed by atoms with Crippen molar-refractivity contribution in [2.45, 2.75) is 50.9 Å². The van der Waals surface area contributed by atoms with Gasteiger partial charge in [0.15, 0.2) is 5.89 Å². The third-order valence-corrected chi connectivity index (χ3v) is 3.67. The maximum absolute atomic E-state index is 5.81. The van der Waals surface area contributed by atoms with Crippen LogP contribution in [0.5, 0.6) is 0 Å². The zero-order valence-electron chi connectivity index (χ0n) is 9.46. The van der Waals surface area contributed by atoms with Gasteiger partial charge in [-0.3, -0.25) is 0 Å². The molecule has 3 heteroatoms. The third kappa shape index (κ3) is 1.93. The zero-order valence-corrected chi connectivity index (χ0v) is 9.46. The molecule has 2 rings (SSSR count). The average Bonchev–Trinajstić information content (AvgIpc) is 2.86. The molecule has 0 saturated heterocycles. The lowest BCUT2D eigenvalue weighted by Gasteiger charge is -2.23. The minimum Gasteiger partial charge on any atom is -0.445 e. The van der Waals surface area contributed by atoms with Crippen LogP contribution in [0.4, 0.5) is 0 Å². The predicted octanol–water partition coefficient (Wildman–Crippen LogP) is 2.40. The molecule has 15 heavy (non-hydrogen) atoms. The monoisotopic (exact) mass is 208 g/mol. The molecule has 0 bridgehead atoms. The Labute approximate surface area is 91.1 Å². The summed E-state index contributed by atoms with van der Waals surface area (Å²) in [5, 5.41) is 0. The van der Waals surface area contributed by atoms with Crippen molar-refractivity contribution in [3.8, 4) is 0 Å². The summed E-state index contributed by atoms with van der Waals surface area (Å²) in [6, 6.07) is 0. The van der Waals surface area contributed by atoms with Crippen LogP contribution in [-0.4, -0.2) is 11.5 Å². The molecule has 2 N–H and O–H groups in total. The van der Waals surface area contributed by atoms with E-state index >= 15 is 0 Å². The fraction of sp³-hybridized carbons (Fsp3) is 0.750. The van der Waals surface area contributed by atoms with Crippen LogP contribution in [0, 0.1) is 0 Å². The van der Waals surface area contributed by atoms with Crippen molar-refractivity contribution >= 4 is 0 Å². The smallest absolute Gasteiger partial charge is 0.195 e. The van der Waals surface area contributed by atoms with Crippen molar-refractivity contribution in [3.05, 3.63) is 17.8 Å². The fourth-order valence-corrected chi connectivity index (χ4v) is 2.62. The molecule has 0 spiro atoms. The van der Waals surface area contributed by atoms with E-state index in [1.54, 1.807) is 0 Å². The lowest BCUT2D eigenvalue weighted by Crippen LogP contribution is -2.19. The van der Waals surface area contributed by atoms with Crippen molar-refractivity contribution in [2.75, 3.05) is 6.54 Å². The summed E-state index contributed by atoms with van der Waals surface area (Å²) < 4.78 is 5.81. The Morgan fingerprint density at radius 3 is 2.80 bits per heavy atom. The van der Waals surface area contributed by atoms with Gasteiger partial charge in [-0.15, -0.1) is 0 Å². The van der Waals surface area contributed by atoms with Gasteiger partial charge in [-0.25, -0.2) is 4.98 Å². The van der Waals surface area contributed by atoms with Crippen molar-refractivity contribution in [2.24, 2.45) is 5.73 Å². The first-order valence-corrected chi connectivity index (χ1v) is 5.96. The molecule has 0 atom stereocenters. The number of hydrogen-bond acceptors (Lipinski definition) is 3. The number of hydrogen-bond donors (Lipinski definition) is 1. The van der Waals surface area contributed by atoms with E-state index in [1.165, 1.54) is 25.7 Å². The number of aromatic nitrogens is 1. The molecule has 1 aromatic rings. The SMILES string of the molecule is CCC1(c2cnc(CCN)o2)CCCC1. The number of oxazole rings is 1. The highest BCUT2D eigenvalue weighted by atomic mass is 16.4. The minimum absolute atomic E-state index is 0.278. The molecule has 0 unspecified atom stereocenters. The lowest BCUT2D eigenvalue weighted by molar-refractivity contribution is 0.317. The topological polar surface area (TPSA) is 52.0 Å². The molecule has 1 aliphatic carbocycles. The first-order valence-electron chi connectivity index (χ1n) is 5.96. The molecule has 1 aromatic heterocycles. The van der Waals surface area contributed by atoms with E-state index < -0.39 is 0 Å². The van der Waals surface area contributed by atoms with Crippen LogP contribution >= 0.6 is 0 Å². The van der Waals surface area contributed by atoms with Gasteiger partial charge >= 0.3 is 0 Å². The van der Waals surface area contributed by atoms with Gasteiger partial charge in [0.25, 0.3) is 0 Å². The van der Waals surface area contributed by atoms with Crippen LogP contribution in [-0.2, 0) is 11.8 Å². The second kappa shape index (κ2) is 4.35. The van der Waals surface area contributed by atoms with Crippen LogP contribution < -0.4 is 5.73 Å². The quantitative estimate of drug-likeness (QED) is 0.826. The standard InChI is InChI=1S/C12H20N2O/c1-2-12(6-3-4-7-12)10-9-14-11(15-10)5-8-13/h9H,2-8,13H2,1H3. The van der Waals surface area contributed by atoms with Crippen molar-refractivity contribution < 1.29 is 4.42 Å². The van der Waals surface area contributed by atoms with E-state index in [-0.39, 0.29) is 5.41 Å². The summed E-state index contributed by atoms with van der Waals surface area (Å²) in [5.74, 6) is 1.89. The Bertz CT molecular complexity index is 313. The molecule has 1 saturated carbocycles. The van der Waals surface area contributed by atoms with Crippen LogP contribution in [0.15, 0.2) is 10.6 Å². The molecule has 0 aliphatic heterocycles. The number of rotatable bonds is 4. The van der Waals surface area contributed by atoms with Crippen LogP contribution in [0.25, 0.3) is 0 Å². The summed E-state index contributed by atoms with van der Waals surface area (Å²) in [4.78, 5) is 4.30. The maximum atomic E-state index is 5.81. The largest absolute Gasteiger partial charge is 0.445 e. The molecule has 0 radical (unpaired) electrons. The van der Waals surface area contributed by atoms with Gasteiger partial charge in [-0.1, -0.05) is 19.8 Å². The number of nitrogens with two attached hydrogens (primary N) is 1. The van der Waals surface area contributed by atoms with E-state index in [2.05, 4.69) is 11.9 Å². The molecule has 0 aromatic carbocycles. The molecule has 0 amide bonds. The maximum Gasteiger partial charge on any atom is 0.195 e. The Kier molecular flexibility index (Phi) is 3.10. The van der Waals surface area contributed by atoms with Crippen molar-refractivity contribution in [3.63, 3.8) is 0 Å². The predicted molar refractivity (Wildman–Crippen MR) is 59.7 cm³/mol. The molecular weight excluding hydrogens is 188 g/mol. The summed E-state index contributed by atoms with van der Waals surface area (Å²) in [6.45, 7) is 2.86. The highest BCUT2D eigenvalue weighted by Crippen LogP contribution is 2.43. The molecule has 1 fully saturated rings. The Morgan fingerprint density at radius 2 is 2.20 bits per heavy atom.